The molecule has 0 saturated heterocycles. The van der Waals surface area contributed by atoms with Crippen LogP contribution in [0.15, 0.2) is 53.7 Å². The van der Waals surface area contributed by atoms with Crippen molar-refractivity contribution in [3.63, 3.8) is 0 Å². The van der Waals surface area contributed by atoms with Gasteiger partial charge in [-0.05, 0) is 43.2 Å². The van der Waals surface area contributed by atoms with Crippen LogP contribution in [0.4, 0.5) is 0 Å². The quantitative estimate of drug-likeness (QED) is 0.933. The number of aromatic nitrogens is 1. The normalized spacial score (nSPS) is 13.2. The van der Waals surface area contributed by atoms with Crippen LogP contribution >= 0.6 is 0 Å². The van der Waals surface area contributed by atoms with E-state index in [1.807, 2.05) is 13.0 Å². The molecule has 0 unspecified atom stereocenters. The molecule has 1 aromatic heterocycles. The number of hydrogen-bond acceptors (Lipinski definition) is 3. The Kier molecular flexibility index (Phi) is 3.97. The number of nitrogens with one attached hydrogen (secondary N) is 1. The van der Waals surface area contributed by atoms with Crippen molar-refractivity contribution in [2.75, 3.05) is 0 Å². The van der Waals surface area contributed by atoms with Gasteiger partial charge in [-0.25, -0.2) is 13.1 Å². The van der Waals surface area contributed by atoms with E-state index in [4.69, 9.17) is 0 Å². The maximum Gasteiger partial charge on any atom is 0.241 e. The third kappa shape index (κ3) is 3.19. The minimum Gasteiger partial charge on any atom is -0.265 e. The van der Waals surface area contributed by atoms with E-state index in [1.54, 1.807) is 49.6 Å². The van der Waals surface area contributed by atoms with E-state index in [-0.39, 0.29) is 6.04 Å². The topological polar surface area (TPSA) is 59.1 Å². The van der Waals surface area contributed by atoms with Gasteiger partial charge in [0.2, 0.25) is 10.0 Å². The second-order valence-electron chi connectivity index (χ2n) is 4.39. The predicted octanol–water partition coefficient (Wildman–Crippen LogP) is 2.43. The maximum atomic E-state index is 12.3. The van der Waals surface area contributed by atoms with Crippen LogP contribution < -0.4 is 4.72 Å². The number of rotatable bonds is 4. The van der Waals surface area contributed by atoms with Crippen LogP contribution in [0.1, 0.15) is 24.1 Å². The number of benzene rings is 1. The molecule has 0 fully saturated rings. The van der Waals surface area contributed by atoms with Gasteiger partial charge in [0.05, 0.1) is 4.90 Å². The third-order valence-corrected chi connectivity index (χ3v) is 4.62. The first-order valence-electron chi connectivity index (χ1n) is 5.98. The van der Waals surface area contributed by atoms with Crippen molar-refractivity contribution in [1.29, 1.82) is 0 Å². The molecule has 1 heterocycles. The van der Waals surface area contributed by atoms with Gasteiger partial charge in [0.15, 0.2) is 0 Å². The van der Waals surface area contributed by atoms with Gasteiger partial charge in [0.25, 0.3) is 0 Å². The standard InChI is InChI=1S/C14H16N2O2S/c1-11-5-3-4-6-14(11)19(17,18)16-12(2)13-7-9-15-10-8-13/h3-10,12,16H,1-2H3/t12-/m0/s1. The molecule has 0 bridgehead atoms. The lowest BCUT2D eigenvalue weighted by Gasteiger charge is -2.15. The summed E-state index contributed by atoms with van der Waals surface area (Å²) in [7, 11) is -3.51. The zero-order chi connectivity index (χ0) is 13.9. The monoisotopic (exact) mass is 276 g/mol. The molecule has 0 amide bonds. The number of pyridine rings is 1. The maximum absolute atomic E-state index is 12.3. The molecule has 2 rings (SSSR count). The molecule has 0 aliphatic rings. The van der Waals surface area contributed by atoms with Crippen molar-refractivity contribution in [1.82, 2.24) is 9.71 Å². The number of nitrogens with zero attached hydrogens (tertiary/aromatic N) is 1. The summed E-state index contributed by atoms with van der Waals surface area (Å²) in [6.07, 6.45) is 3.29. The second-order valence-corrected chi connectivity index (χ2v) is 6.07. The van der Waals surface area contributed by atoms with E-state index in [0.717, 1.165) is 11.1 Å². The Morgan fingerprint density at radius 1 is 1.11 bits per heavy atom. The Hall–Kier alpha value is -1.72. The zero-order valence-electron chi connectivity index (χ0n) is 10.9. The molecule has 0 aliphatic carbocycles. The van der Waals surface area contributed by atoms with E-state index in [2.05, 4.69) is 9.71 Å². The smallest absolute Gasteiger partial charge is 0.241 e. The van der Waals surface area contributed by atoms with Crippen LogP contribution in [0.25, 0.3) is 0 Å². The lowest BCUT2D eigenvalue weighted by atomic mass is 10.1. The summed E-state index contributed by atoms with van der Waals surface area (Å²) in [5, 5.41) is 0. The van der Waals surface area contributed by atoms with Gasteiger partial charge in [0, 0.05) is 18.4 Å². The van der Waals surface area contributed by atoms with Crippen molar-refractivity contribution in [2.45, 2.75) is 24.8 Å². The molecule has 1 N–H and O–H groups in total. The van der Waals surface area contributed by atoms with Crippen LogP contribution in [0.5, 0.6) is 0 Å². The van der Waals surface area contributed by atoms with Gasteiger partial charge in [-0.15, -0.1) is 0 Å². The lowest BCUT2D eigenvalue weighted by molar-refractivity contribution is 0.566. The average molecular weight is 276 g/mol. The largest absolute Gasteiger partial charge is 0.265 e. The molecule has 0 saturated carbocycles. The summed E-state index contributed by atoms with van der Waals surface area (Å²) < 4.78 is 27.3. The van der Waals surface area contributed by atoms with E-state index < -0.39 is 10.0 Å². The Morgan fingerprint density at radius 2 is 1.74 bits per heavy atom. The van der Waals surface area contributed by atoms with Crippen LogP contribution in [0, 0.1) is 6.92 Å². The molecular weight excluding hydrogens is 260 g/mol. The van der Waals surface area contributed by atoms with Crippen LogP contribution in [-0.2, 0) is 10.0 Å². The second kappa shape index (κ2) is 5.50. The molecule has 5 heteroatoms. The summed E-state index contributed by atoms with van der Waals surface area (Å²) in [6.45, 7) is 3.59. The van der Waals surface area contributed by atoms with Crippen LogP contribution in [-0.4, -0.2) is 13.4 Å². The summed E-state index contributed by atoms with van der Waals surface area (Å²) in [5.41, 5.74) is 1.61. The molecule has 19 heavy (non-hydrogen) atoms. The fourth-order valence-electron chi connectivity index (χ4n) is 1.87. The summed E-state index contributed by atoms with van der Waals surface area (Å²) in [4.78, 5) is 4.23. The van der Waals surface area contributed by atoms with Gasteiger partial charge in [0.1, 0.15) is 0 Å². The number of hydrogen-bond donors (Lipinski definition) is 1. The molecule has 0 radical (unpaired) electrons. The first kappa shape index (κ1) is 13.7. The van der Waals surface area contributed by atoms with Crippen molar-refractivity contribution in [3.8, 4) is 0 Å². The number of sulfonamides is 1. The van der Waals surface area contributed by atoms with Crippen LogP contribution in [0.2, 0.25) is 0 Å². The van der Waals surface area contributed by atoms with Gasteiger partial charge >= 0.3 is 0 Å². The highest BCUT2D eigenvalue weighted by Gasteiger charge is 2.19. The van der Waals surface area contributed by atoms with Gasteiger partial charge < -0.3 is 0 Å². The highest BCUT2D eigenvalue weighted by Crippen LogP contribution is 2.18. The molecule has 0 aliphatic heterocycles. The Balaban J connectivity index is 2.26. The molecule has 4 nitrogen and oxygen atoms in total. The first-order chi connectivity index (χ1) is 9.00. The summed E-state index contributed by atoms with van der Waals surface area (Å²) >= 11 is 0. The van der Waals surface area contributed by atoms with E-state index >= 15 is 0 Å². The number of aryl methyl sites for hydroxylation is 1. The fraction of sp³-hybridized carbons (Fsp3) is 0.214. The van der Waals surface area contributed by atoms with Gasteiger partial charge in [-0.2, -0.15) is 0 Å². The summed E-state index contributed by atoms with van der Waals surface area (Å²) in [6, 6.07) is 10.2. The summed E-state index contributed by atoms with van der Waals surface area (Å²) in [5.74, 6) is 0. The minimum absolute atomic E-state index is 0.299. The SMILES string of the molecule is Cc1ccccc1S(=O)(=O)N[C@@H](C)c1ccncc1. The van der Waals surface area contributed by atoms with Crippen molar-refractivity contribution in [3.05, 3.63) is 59.9 Å². The highest BCUT2D eigenvalue weighted by molar-refractivity contribution is 7.89. The van der Waals surface area contributed by atoms with Crippen molar-refractivity contribution < 1.29 is 8.42 Å². The Bertz CT molecular complexity index is 654. The highest BCUT2D eigenvalue weighted by atomic mass is 32.2. The van der Waals surface area contributed by atoms with E-state index in [1.165, 1.54) is 0 Å². The molecule has 2 aromatic rings. The average Bonchev–Trinajstić information content (AvgIpc) is 2.39. The molecule has 1 aromatic carbocycles. The lowest BCUT2D eigenvalue weighted by Crippen LogP contribution is -2.27. The van der Waals surface area contributed by atoms with Crippen molar-refractivity contribution in [2.24, 2.45) is 0 Å². The minimum atomic E-state index is -3.51. The Morgan fingerprint density at radius 3 is 2.37 bits per heavy atom. The van der Waals surface area contributed by atoms with Crippen LogP contribution in [0.3, 0.4) is 0 Å². The molecule has 100 valence electrons. The van der Waals surface area contributed by atoms with E-state index in [9.17, 15) is 8.42 Å². The van der Waals surface area contributed by atoms with Gasteiger partial charge in [-0.1, -0.05) is 18.2 Å². The fourth-order valence-corrected chi connectivity index (χ4v) is 3.35. The molecule has 0 spiro atoms. The Labute approximate surface area is 113 Å². The molecule has 1 atom stereocenters. The molecular formula is C14H16N2O2S. The zero-order valence-corrected chi connectivity index (χ0v) is 11.7. The predicted molar refractivity (Wildman–Crippen MR) is 74.2 cm³/mol. The van der Waals surface area contributed by atoms with E-state index in [0.29, 0.717) is 4.90 Å². The van der Waals surface area contributed by atoms with Gasteiger partial charge in [-0.3, -0.25) is 4.98 Å². The van der Waals surface area contributed by atoms with Crippen molar-refractivity contribution >= 4 is 10.0 Å². The third-order valence-electron chi connectivity index (χ3n) is 2.92. The first-order valence-corrected chi connectivity index (χ1v) is 7.47.